The Labute approximate surface area is 262 Å². The van der Waals surface area contributed by atoms with Gasteiger partial charge in [-0.05, 0) is 84.6 Å². The molecule has 4 heterocycles. The van der Waals surface area contributed by atoms with Crippen LogP contribution in [0.5, 0.6) is 46.0 Å². The lowest BCUT2D eigenvalue weighted by Crippen LogP contribution is -2.33. The van der Waals surface area contributed by atoms with Gasteiger partial charge in [0, 0.05) is 24.0 Å². The minimum Gasteiger partial charge on any atom is -0.502 e. The van der Waals surface area contributed by atoms with Crippen molar-refractivity contribution in [3.05, 3.63) is 101 Å². The topological polar surface area (TPSA) is 73.5 Å². The molecule has 6 bridgehead atoms. The van der Waals surface area contributed by atoms with E-state index in [1.165, 1.54) is 5.56 Å². The Morgan fingerprint density at radius 3 is 2.31 bits per heavy atom. The van der Waals surface area contributed by atoms with E-state index in [0.29, 0.717) is 40.9 Å². The Morgan fingerprint density at radius 2 is 1.56 bits per heavy atom. The largest absolute Gasteiger partial charge is 0.502 e. The average molecular weight is 606 g/mol. The molecule has 0 saturated heterocycles. The summed E-state index contributed by atoms with van der Waals surface area (Å²) in [7, 11) is 9.02. The van der Waals surface area contributed by atoms with Crippen LogP contribution in [0.1, 0.15) is 34.0 Å². The minimum atomic E-state index is -0.0604. The van der Waals surface area contributed by atoms with Crippen LogP contribution in [0.4, 0.5) is 0 Å². The van der Waals surface area contributed by atoms with E-state index in [0.717, 1.165) is 58.3 Å². The molecule has 0 spiro atoms. The van der Waals surface area contributed by atoms with Crippen molar-refractivity contribution < 1.29 is 33.4 Å². The fourth-order valence-electron chi connectivity index (χ4n) is 6.60. The monoisotopic (exact) mass is 605 g/mol. The van der Waals surface area contributed by atoms with Crippen LogP contribution in [-0.4, -0.2) is 44.9 Å². The van der Waals surface area contributed by atoms with Crippen molar-refractivity contribution >= 4 is 10.8 Å². The van der Waals surface area contributed by atoms with Crippen molar-refractivity contribution in [2.45, 2.75) is 25.3 Å². The van der Waals surface area contributed by atoms with Gasteiger partial charge < -0.3 is 28.8 Å². The number of phenols is 1. The van der Waals surface area contributed by atoms with Crippen LogP contribution in [0.25, 0.3) is 10.8 Å². The number of phenolic OH excluding ortho intramolecular Hbond substituents is 1. The first-order valence-corrected chi connectivity index (χ1v) is 15.1. The summed E-state index contributed by atoms with van der Waals surface area (Å²) in [5.41, 5.74) is 5.55. The van der Waals surface area contributed by atoms with E-state index in [-0.39, 0.29) is 11.8 Å². The quantitative estimate of drug-likeness (QED) is 0.231. The molecule has 0 radical (unpaired) electrons. The number of hydrogen-bond donors (Lipinski definition) is 1. The number of fused-ring (bicyclic) bond motifs is 2. The smallest absolute Gasteiger partial charge is 0.202 e. The highest BCUT2D eigenvalue weighted by Gasteiger charge is 2.30. The Morgan fingerprint density at radius 1 is 0.822 bits per heavy atom. The number of rotatable bonds is 3. The normalized spacial score (nSPS) is 15.9. The van der Waals surface area contributed by atoms with Gasteiger partial charge in [-0.15, -0.1) is 0 Å². The van der Waals surface area contributed by atoms with Crippen molar-refractivity contribution in [3.63, 3.8) is 0 Å². The third-order valence-corrected chi connectivity index (χ3v) is 9.10. The molecule has 0 unspecified atom stereocenters. The number of methoxy groups -OCH3 is 3. The summed E-state index contributed by atoms with van der Waals surface area (Å²) >= 11 is 0. The van der Waals surface area contributed by atoms with Crippen LogP contribution in [-0.2, 0) is 26.3 Å². The number of nitrogens with zero attached hydrogens (tertiary/aromatic N) is 2. The Hall–Kier alpha value is -4.95. The van der Waals surface area contributed by atoms with E-state index in [2.05, 4.69) is 52.9 Å². The lowest BCUT2D eigenvalue weighted by atomic mass is 9.88. The molecule has 8 rings (SSSR count). The van der Waals surface area contributed by atoms with E-state index in [9.17, 15) is 5.11 Å². The zero-order valence-electron chi connectivity index (χ0n) is 26.2. The molecular weight excluding hydrogens is 568 g/mol. The van der Waals surface area contributed by atoms with Crippen LogP contribution in [0.3, 0.4) is 0 Å². The summed E-state index contributed by atoms with van der Waals surface area (Å²) in [6, 6.07) is 22.3. The standard InChI is InChI=1S/C37H36N2O6/c1-38-14-12-24-19-31(42-4)33-21-27(24)28(38)17-23-8-11-30(41-3)32(18-23)44-26-9-6-22(7-10-26)16-29-35-25(13-15-39(29)2)20-34(43-5)36(40)37(35)45-33/h6-11,13,15,18-21,28H,12,14,16-17H2,1-5H3/p+1/t28-/m1/s1. The predicted molar refractivity (Wildman–Crippen MR) is 172 cm³/mol. The first-order chi connectivity index (χ1) is 21.9. The molecule has 230 valence electrons. The molecule has 0 fully saturated rings. The third kappa shape index (κ3) is 5.15. The minimum absolute atomic E-state index is 0.0604. The second-order valence-electron chi connectivity index (χ2n) is 11.8. The van der Waals surface area contributed by atoms with E-state index in [1.54, 1.807) is 21.3 Å². The summed E-state index contributed by atoms with van der Waals surface area (Å²) in [5, 5.41) is 13.3. The molecule has 5 aromatic rings. The first-order valence-electron chi connectivity index (χ1n) is 15.1. The van der Waals surface area contributed by atoms with Gasteiger partial charge in [-0.25, -0.2) is 4.57 Å². The van der Waals surface area contributed by atoms with Gasteiger partial charge in [0.05, 0.1) is 33.1 Å². The summed E-state index contributed by atoms with van der Waals surface area (Å²) in [4.78, 5) is 2.37. The molecule has 4 aromatic carbocycles. The van der Waals surface area contributed by atoms with Crippen LogP contribution >= 0.6 is 0 Å². The zero-order valence-corrected chi connectivity index (χ0v) is 26.2. The van der Waals surface area contributed by atoms with Crippen LogP contribution < -0.4 is 28.3 Å². The zero-order chi connectivity index (χ0) is 31.2. The SMILES string of the molecule is COc1ccc2cc1Oc1ccc(cc1)Cc1c3c(c(O)c(OC)cc3cc[n+]1C)Oc1cc3c(cc1OC)CCN(C)[C@@H]3C2. The first kappa shape index (κ1) is 28.8. The second-order valence-corrected chi connectivity index (χ2v) is 11.8. The van der Waals surface area contributed by atoms with E-state index >= 15 is 0 Å². The Balaban J connectivity index is 1.49. The highest BCUT2D eigenvalue weighted by atomic mass is 16.5. The third-order valence-electron chi connectivity index (χ3n) is 9.10. The highest BCUT2D eigenvalue weighted by Crippen LogP contribution is 2.49. The van der Waals surface area contributed by atoms with Crippen molar-refractivity contribution in [1.82, 2.24) is 4.90 Å². The fraction of sp³-hybridized carbons (Fsp3) is 0.270. The van der Waals surface area contributed by atoms with Crippen molar-refractivity contribution in [1.29, 1.82) is 0 Å². The Bertz CT molecular complexity index is 1920. The number of likely N-dealkylation sites (N-methyl/N-ethyl adjacent to an activating group) is 1. The van der Waals surface area contributed by atoms with Crippen molar-refractivity contribution in [2.24, 2.45) is 7.05 Å². The molecule has 45 heavy (non-hydrogen) atoms. The van der Waals surface area contributed by atoms with Gasteiger partial charge in [0.2, 0.25) is 5.75 Å². The highest BCUT2D eigenvalue weighted by molar-refractivity contribution is 5.94. The molecule has 0 saturated carbocycles. The van der Waals surface area contributed by atoms with Gasteiger partial charge >= 0.3 is 0 Å². The lowest BCUT2D eigenvalue weighted by molar-refractivity contribution is -0.677. The molecule has 0 amide bonds. The second kappa shape index (κ2) is 11.5. The van der Waals surface area contributed by atoms with Gasteiger partial charge in [-0.2, -0.15) is 0 Å². The molecular formula is C37H37N2O6+. The van der Waals surface area contributed by atoms with Gasteiger partial charge in [-0.3, -0.25) is 4.90 Å². The molecule has 3 aliphatic heterocycles. The number of ether oxygens (including phenoxy) is 5. The number of benzene rings is 4. The fourth-order valence-corrected chi connectivity index (χ4v) is 6.60. The lowest BCUT2D eigenvalue weighted by Gasteiger charge is -2.35. The number of pyridine rings is 1. The maximum atomic E-state index is 11.6. The number of aromatic nitrogens is 1. The van der Waals surface area contributed by atoms with Gasteiger partial charge in [0.15, 0.2) is 46.4 Å². The molecule has 0 aliphatic carbocycles. The number of hydrogen-bond acceptors (Lipinski definition) is 7. The van der Waals surface area contributed by atoms with Gasteiger partial charge in [0.1, 0.15) is 12.8 Å². The average Bonchev–Trinajstić information content (AvgIpc) is 3.05. The molecule has 1 N–H and O–H groups in total. The van der Waals surface area contributed by atoms with E-state index in [4.69, 9.17) is 23.7 Å². The maximum Gasteiger partial charge on any atom is 0.202 e. The molecule has 1 atom stereocenters. The van der Waals surface area contributed by atoms with Gasteiger partial charge in [0.25, 0.3) is 0 Å². The summed E-state index contributed by atoms with van der Waals surface area (Å²) in [6.07, 6.45) is 4.24. The summed E-state index contributed by atoms with van der Waals surface area (Å²) < 4.78 is 32.4. The van der Waals surface area contributed by atoms with Gasteiger partial charge in [-0.1, -0.05) is 18.2 Å². The molecule has 1 aromatic heterocycles. The summed E-state index contributed by atoms with van der Waals surface area (Å²) in [5.74, 6) is 3.83. The van der Waals surface area contributed by atoms with E-state index < -0.39 is 0 Å². The molecule has 8 heteroatoms. The van der Waals surface area contributed by atoms with Crippen LogP contribution in [0, 0.1) is 0 Å². The molecule has 3 aliphatic rings. The predicted octanol–water partition coefficient (Wildman–Crippen LogP) is 6.66. The van der Waals surface area contributed by atoms with Crippen molar-refractivity contribution in [3.8, 4) is 46.0 Å². The van der Waals surface area contributed by atoms with E-state index in [1.807, 2.05) is 43.6 Å². The Kier molecular flexibility index (Phi) is 7.37. The van der Waals surface area contributed by atoms with Crippen LogP contribution in [0.2, 0.25) is 0 Å². The summed E-state index contributed by atoms with van der Waals surface area (Å²) in [6.45, 7) is 0.911. The number of aryl methyl sites for hydroxylation is 1. The van der Waals surface area contributed by atoms with Crippen LogP contribution in [0.15, 0.2) is 72.9 Å². The van der Waals surface area contributed by atoms with Crippen molar-refractivity contribution in [2.75, 3.05) is 34.9 Å². The number of aromatic hydroxyl groups is 1. The molecule has 8 nitrogen and oxygen atoms in total. The maximum absolute atomic E-state index is 11.6.